The molecule has 1 rings (SSSR count). The molecule has 0 saturated heterocycles. The van der Waals surface area contributed by atoms with Gasteiger partial charge in [0.2, 0.25) is 0 Å². The van der Waals surface area contributed by atoms with Gasteiger partial charge in [-0.3, -0.25) is 0 Å². The van der Waals surface area contributed by atoms with E-state index >= 15 is 0 Å². The molecule has 0 heterocycles. The van der Waals surface area contributed by atoms with Gasteiger partial charge in [-0.2, -0.15) is 0 Å². The Morgan fingerprint density at radius 3 is 2.29 bits per heavy atom. The summed E-state index contributed by atoms with van der Waals surface area (Å²) in [6.07, 6.45) is -2.93. The van der Waals surface area contributed by atoms with E-state index in [-0.39, 0.29) is 0 Å². The van der Waals surface area contributed by atoms with Crippen molar-refractivity contribution in [1.29, 1.82) is 0 Å². The summed E-state index contributed by atoms with van der Waals surface area (Å²) in [5, 5.41) is 0. The SMILES string of the molecule is COc1ccc(C(N)C(C)OCC(F)F)cc1. The van der Waals surface area contributed by atoms with Crippen molar-refractivity contribution in [3.63, 3.8) is 0 Å². The second kappa shape index (κ2) is 6.51. The predicted octanol–water partition coefficient (Wildman–Crippen LogP) is 2.37. The first-order chi connectivity index (χ1) is 8.04. The number of methoxy groups -OCH3 is 1. The monoisotopic (exact) mass is 245 g/mol. The minimum absolute atomic E-state index is 0.431. The average molecular weight is 245 g/mol. The van der Waals surface area contributed by atoms with Gasteiger partial charge >= 0.3 is 0 Å². The lowest BCUT2D eigenvalue weighted by atomic mass is 10.0. The summed E-state index contributed by atoms with van der Waals surface area (Å²) in [5.41, 5.74) is 6.73. The summed E-state index contributed by atoms with van der Waals surface area (Å²) in [6.45, 7) is 1.09. The van der Waals surface area contributed by atoms with Crippen molar-refractivity contribution < 1.29 is 18.3 Å². The van der Waals surface area contributed by atoms with Crippen LogP contribution in [0.5, 0.6) is 5.75 Å². The van der Waals surface area contributed by atoms with Crippen molar-refractivity contribution in [3.8, 4) is 5.75 Å². The highest BCUT2D eigenvalue weighted by atomic mass is 19.3. The van der Waals surface area contributed by atoms with Crippen LogP contribution in [0, 0.1) is 0 Å². The Bertz CT molecular complexity index is 330. The first-order valence-corrected chi connectivity index (χ1v) is 5.34. The van der Waals surface area contributed by atoms with E-state index in [4.69, 9.17) is 15.2 Å². The van der Waals surface area contributed by atoms with Crippen LogP contribution < -0.4 is 10.5 Å². The number of hydrogen-bond acceptors (Lipinski definition) is 3. The normalized spacial score (nSPS) is 14.7. The summed E-state index contributed by atoms with van der Waals surface area (Å²) >= 11 is 0. The van der Waals surface area contributed by atoms with Gasteiger partial charge in [-0.25, -0.2) is 8.78 Å². The van der Waals surface area contributed by atoms with Crippen LogP contribution in [0.4, 0.5) is 8.78 Å². The lowest BCUT2D eigenvalue weighted by Gasteiger charge is -2.20. The van der Waals surface area contributed by atoms with Gasteiger partial charge in [0, 0.05) is 0 Å². The molecule has 0 aromatic heterocycles. The molecule has 2 atom stereocenters. The van der Waals surface area contributed by atoms with Crippen molar-refractivity contribution in [2.24, 2.45) is 5.73 Å². The van der Waals surface area contributed by atoms with Gasteiger partial charge in [-0.15, -0.1) is 0 Å². The van der Waals surface area contributed by atoms with E-state index in [9.17, 15) is 8.78 Å². The van der Waals surface area contributed by atoms with Gasteiger partial charge in [0.25, 0.3) is 6.43 Å². The topological polar surface area (TPSA) is 44.5 Å². The Morgan fingerprint density at radius 1 is 1.24 bits per heavy atom. The largest absolute Gasteiger partial charge is 0.497 e. The Morgan fingerprint density at radius 2 is 1.82 bits per heavy atom. The van der Waals surface area contributed by atoms with Crippen LogP contribution in [-0.2, 0) is 4.74 Å². The highest BCUT2D eigenvalue weighted by Gasteiger charge is 2.17. The van der Waals surface area contributed by atoms with Gasteiger partial charge in [-0.05, 0) is 24.6 Å². The van der Waals surface area contributed by atoms with Gasteiger partial charge in [0.05, 0.1) is 19.3 Å². The highest BCUT2D eigenvalue weighted by Crippen LogP contribution is 2.20. The minimum atomic E-state index is -2.47. The summed E-state index contributed by atoms with van der Waals surface area (Å²) in [7, 11) is 1.57. The fourth-order valence-electron chi connectivity index (χ4n) is 1.43. The molecule has 2 unspecified atom stereocenters. The molecule has 0 aliphatic heterocycles. The van der Waals surface area contributed by atoms with Crippen LogP contribution in [0.3, 0.4) is 0 Å². The van der Waals surface area contributed by atoms with Crippen molar-refractivity contribution >= 4 is 0 Å². The van der Waals surface area contributed by atoms with E-state index in [1.54, 1.807) is 38.3 Å². The Kier molecular flexibility index (Phi) is 5.31. The lowest BCUT2D eigenvalue weighted by Crippen LogP contribution is -2.27. The molecule has 0 aliphatic rings. The smallest absolute Gasteiger partial charge is 0.261 e. The molecule has 2 N–H and O–H groups in total. The fraction of sp³-hybridized carbons (Fsp3) is 0.500. The fourth-order valence-corrected chi connectivity index (χ4v) is 1.43. The van der Waals surface area contributed by atoms with E-state index in [1.807, 2.05) is 0 Å². The molecular weight excluding hydrogens is 228 g/mol. The van der Waals surface area contributed by atoms with Crippen molar-refractivity contribution in [1.82, 2.24) is 0 Å². The van der Waals surface area contributed by atoms with Gasteiger partial charge in [-0.1, -0.05) is 12.1 Å². The molecule has 5 heteroatoms. The number of rotatable bonds is 6. The molecule has 0 spiro atoms. The Balaban J connectivity index is 2.58. The van der Waals surface area contributed by atoms with Gasteiger partial charge in [0.15, 0.2) is 0 Å². The predicted molar refractivity (Wildman–Crippen MR) is 61.3 cm³/mol. The van der Waals surface area contributed by atoms with Crippen LogP contribution in [0.15, 0.2) is 24.3 Å². The third kappa shape index (κ3) is 4.28. The van der Waals surface area contributed by atoms with Crippen molar-refractivity contribution in [2.45, 2.75) is 25.5 Å². The molecule has 0 radical (unpaired) electrons. The Hall–Kier alpha value is -1.20. The number of nitrogens with two attached hydrogens (primary N) is 1. The zero-order valence-electron chi connectivity index (χ0n) is 9.90. The molecule has 17 heavy (non-hydrogen) atoms. The molecule has 1 aromatic carbocycles. The molecule has 0 aliphatic carbocycles. The molecule has 0 fully saturated rings. The van der Waals surface area contributed by atoms with Crippen LogP contribution in [0.25, 0.3) is 0 Å². The van der Waals surface area contributed by atoms with Crippen LogP contribution in [0.1, 0.15) is 18.5 Å². The third-order valence-corrected chi connectivity index (χ3v) is 2.49. The first kappa shape index (κ1) is 13.9. The van der Waals surface area contributed by atoms with Crippen molar-refractivity contribution in [2.75, 3.05) is 13.7 Å². The molecule has 96 valence electrons. The maximum Gasteiger partial charge on any atom is 0.261 e. The summed E-state index contributed by atoms with van der Waals surface area (Å²) < 4.78 is 33.9. The van der Waals surface area contributed by atoms with Crippen LogP contribution >= 0.6 is 0 Å². The van der Waals surface area contributed by atoms with Crippen LogP contribution in [0.2, 0.25) is 0 Å². The van der Waals surface area contributed by atoms with E-state index in [1.165, 1.54) is 0 Å². The molecule has 0 bridgehead atoms. The summed E-state index contributed by atoms with van der Waals surface area (Å²) in [4.78, 5) is 0. The average Bonchev–Trinajstić information content (AvgIpc) is 2.35. The molecule has 0 saturated carbocycles. The van der Waals surface area contributed by atoms with Crippen LogP contribution in [-0.4, -0.2) is 26.2 Å². The standard InChI is InChI=1S/C12H17F2NO2/c1-8(17-7-11(13)14)12(15)9-3-5-10(16-2)6-4-9/h3-6,8,11-12H,7,15H2,1-2H3. The maximum absolute atomic E-state index is 12.0. The second-order valence-electron chi connectivity index (χ2n) is 3.73. The molecular formula is C12H17F2NO2. The third-order valence-electron chi connectivity index (χ3n) is 2.49. The van der Waals surface area contributed by atoms with Crippen molar-refractivity contribution in [3.05, 3.63) is 29.8 Å². The molecule has 3 nitrogen and oxygen atoms in total. The first-order valence-electron chi connectivity index (χ1n) is 5.34. The van der Waals surface area contributed by atoms with E-state index in [0.29, 0.717) is 0 Å². The van der Waals surface area contributed by atoms with Gasteiger partial charge < -0.3 is 15.2 Å². The maximum atomic E-state index is 12.0. The lowest BCUT2D eigenvalue weighted by molar-refractivity contribution is -0.0261. The second-order valence-corrected chi connectivity index (χ2v) is 3.73. The van der Waals surface area contributed by atoms with E-state index < -0.39 is 25.2 Å². The van der Waals surface area contributed by atoms with Gasteiger partial charge in [0.1, 0.15) is 12.4 Å². The minimum Gasteiger partial charge on any atom is -0.497 e. The number of hydrogen-bond donors (Lipinski definition) is 1. The zero-order valence-corrected chi connectivity index (χ0v) is 9.90. The number of benzene rings is 1. The zero-order chi connectivity index (χ0) is 12.8. The quantitative estimate of drug-likeness (QED) is 0.836. The molecule has 0 amide bonds. The number of ether oxygens (including phenoxy) is 2. The molecule has 1 aromatic rings. The summed E-state index contributed by atoms with van der Waals surface area (Å²) in [6, 6.07) is 6.71. The van der Waals surface area contributed by atoms with E-state index in [2.05, 4.69) is 0 Å². The number of halogens is 2. The number of alkyl halides is 2. The Labute approximate surface area is 99.5 Å². The summed E-state index contributed by atoms with van der Waals surface area (Å²) in [5.74, 6) is 0.724. The highest BCUT2D eigenvalue weighted by molar-refractivity contribution is 5.29. The van der Waals surface area contributed by atoms with E-state index in [0.717, 1.165) is 11.3 Å².